The van der Waals surface area contributed by atoms with Crippen LogP contribution >= 0.6 is 0 Å². The molecule has 2 aliphatic heterocycles. The van der Waals surface area contributed by atoms with Crippen molar-refractivity contribution in [2.45, 2.75) is 24.8 Å². The molecule has 0 aromatic heterocycles. The lowest BCUT2D eigenvalue weighted by molar-refractivity contribution is -0.113. The van der Waals surface area contributed by atoms with Gasteiger partial charge in [-0.2, -0.15) is 0 Å². The van der Waals surface area contributed by atoms with Crippen molar-refractivity contribution in [3.8, 4) is 5.75 Å². The van der Waals surface area contributed by atoms with E-state index < -0.39 is 40.4 Å². The van der Waals surface area contributed by atoms with Crippen LogP contribution in [0.3, 0.4) is 0 Å². The van der Waals surface area contributed by atoms with E-state index in [1.807, 2.05) is 0 Å². The van der Waals surface area contributed by atoms with Gasteiger partial charge in [-0.3, -0.25) is 9.59 Å². The zero-order valence-corrected chi connectivity index (χ0v) is 15.6. The zero-order chi connectivity index (χ0) is 20.6. The molecule has 3 amide bonds. The van der Waals surface area contributed by atoms with Crippen LogP contribution in [0.5, 0.6) is 5.75 Å². The number of benzene rings is 1. The van der Waals surface area contributed by atoms with E-state index in [-0.39, 0.29) is 23.4 Å². The number of rotatable bonds is 4. The van der Waals surface area contributed by atoms with Crippen molar-refractivity contribution < 1.29 is 27.9 Å². The predicted molar refractivity (Wildman–Crippen MR) is 101 cm³/mol. The number of primary amides is 2. The molecule has 6 N–H and O–H groups in total. The molecule has 148 valence electrons. The third-order valence-corrected chi connectivity index (χ3v) is 5.31. The number of hydrogen-bond donors (Lipinski definition) is 4. The lowest BCUT2D eigenvalue weighted by Crippen LogP contribution is -2.44. The standard InChI is InChI=1S/C17H18N4O6S/c1-8-2-4-10-13(14(8)27-17(19)24)20-15(28(25)26)11-6-9(3-5-12(18)22)7-21(11)16(10)23/h2-5,7,11,15,20H,6H2,1H3,(H2,18,22)(H2,19,24)(H,25,26)/b5-3+. The summed E-state index contributed by atoms with van der Waals surface area (Å²) in [4.78, 5) is 36.6. The van der Waals surface area contributed by atoms with Gasteiger partial charge in [0.1, 0.15) is 5.37 Å². The molecule has 1 aromatic rings. The minimum Gasteiger partial charge on any atom is -0.408 e. The van der Waals surface area contributed by atoms with Crippen molar-refractivity contribution in [3.05, 3.63) is 47.2 Å². The largest absolute Gasteiger partial charge is 0.410 e. The number of hydrogen-bond acceptors (Lipinski definition) is 6. The van der Waals surface area contributed by atoms with Crippen molar-refractivity contribution in [2.75, 3.05) is 5.32 Å². The second-order valence-corrected chi connectivity index (χ2v) is 7.38. The average Bonchev–Trinajstić information content (AvgIpc) is 2.98. The summed E-state index contributed by atoms with van der Waals surface area (Å²) in [5.74, 6) is -1.09. The number of carbonyl (C=O) groups is 3. The summed E-state index contributed by atoms with van der Waals surface area (Å²) in [7, 11) is 0. The van der Waals surface area contributed by atoms with Crippen molar-refractivity contribution in [2.24, 2.45) is 11.5 Å². The first-order valence-electron chi connectivity index (χ1n) is 8.17. The molecule has 28 heavy (non-hydrogen) atoms. The molecule has 2 heterocycles. The summed E-state index contributed by atoms with van der Waals surface area (Å²) >= 11 is -2.38. The van der Waals surface area contributed by atoms with E-state index in [4.69, 9.17) is 16.2 Å². The SMILES string of the molecule is Cc1ccc2c(c1OC(N)=O)NC(S(=O)O)C1CC(/C=C/C(N)=O)=CN1C2=O. The number of aryl methyl sites for hydroxylation is 1. The Morgan fingerprint density at radius 3 is 2.71 bits per heavy atom. The van der Waals surface area contributed by atoms with E-state index in [0.29, 0.717) is 11.1 Å². The van der Waals surface area contributed by atoms with E-state index in [1.165, 1.54) is 23.2 Å². The molecular formula is C17H18N4O6S. The molecule has 3 unspecified atom stereocenters. The van der Waals surface area contributed by atoms with Gasteiger partial charge in [-0.25, -0.2) is 9.00 Å². The number of carbonyl (C=O) groups excluding carboxylic acids is 3. The van der Waals surface area contributed by atoms with Crippen molar-refractivity contribution in [1.29, 1.82) is 0 Å². The second-order valence-electron chi connectivity index (χ2n) is 6.32. The number of anilines is 1. The van der Waals surface area contributed by atoms with Crippen LogP contribution in [0, 0.1) is 6.92 Å². The summed E-state index contributed by atoms with van der Waals surface area (Å²) in [6, 6.07) is 2.40. The number of nitrogens with one attached hydrogen (secondary N) is 1. The first-order chi connectivity index (χ1) is 13.2. The molecule has 11 heteroatoms. The lowest BCUT2D eigenvalue weighted by atomic mass is 10.1. The average molecular weight is 406 g/mol. The fourth-order valence-corrected chi connectivity index (χ4v) is 3.95. The molecule has 1 aromatic carbocycles. The zero-order valence-electron chi connectivity index (χ0n) is 14.7. The molecular weight excluding hydrogens is 388 g/mol. The topological polar surface area (TPSA) is 165 Å². The summed E-state index contributed by atoms with van der Waals surface area (Å²) < 4.78 is 26.9. The van der Waals surface area contributed by atoms with Crippen LogP contribution < -0.4 is 21.5 Å². The smallest absolute Gasteiger partial charge is 0.408 e. The van der Waals surface area contributed by atoms with Gasteiger partial charge in [0.25, 0.3) is 5.91 Å². The number of nitrogens with two attached hydrogens (primary N) is 2. The number of nitrogens with zero attached hydrogens (tertiary/aromatic N) is 1. The van der Waals surface area contributed by atoms with Crippen molar-refractivity contribution in [3.63, 3.8) is 0 Å². The van der Waals surface area contributed by atoms with Crippen LogP contribution in [0.2, 0.25) is 0 Å². The fraction of sp³-hybridized carbons (Fsp3) is 0.235. The van der Waals surface area contributed by atoms with Gasteiger partial charge in [0.15, 0.2) is 16.8 Å². The Kier molecular flexibility index (Phi) is 5.21. The normalized spacial score (nSPS) is 22.0. The summed E-state index contributed by atoms with van der Waals surface area (Å²) in [5.41, 5.74) is 11.6. The van der Waals surface area contributed by atoms with Crippen LogP contribution in [-0.2, 0) is 15.9 Å². The monoisotopic (exact) mass is 406 g/mol. The fourth-order valence-electron chi connectivity index (χ4n) is 3.23. The van der Waals surface area contributed by atoms with E-state index in [0.717, 1.165) is 6.08 Å². The summed E-state index contributed by atoms with van der Waals surface area (Å²) in [5, 5.41) is 1.78. The molecule has 2 aliphatic rings. The van der Waals surface area contributed by atoms with Crippen LogP contribution in [0.4, 0.5) is 10.5 Å². The Morgan fingerprint density at radius 2 is 2.11 bits per heavy atom. The van der Waals surface area contributed by atoms with E-state index in [1.54, 1.807) is 13.0 Å². The van der Waals surface area contributed by atoms with Crippen molar-refractivity contribution in [1.82, 2.24) is 4.90 Å². The molecule has 0 saturated heterocycles. The van der Waals surface area contributed by atoms with Crippen LogP contribution in [-0.4, -0.2) is 43.0 Å². The lowest BCUT2D eigenvalue weighted by Gasteiger charge is -2.26. The number of amides is 3. The Bertz CT molecular complexity index is 957. The molecule has 3 atom stereocenters. The molecule has 0 bridgehead atoms. The molecule has 0 aliphatic carbocycles. The highest BCUT2D eigenvalue weighted by Crippen LogP contribution is 2.40. The first-order valence-corrected chi connectivity index (χ1v) is 9.34. The Labute approximate surface area is 162 Å². The van der Waals surface area contributed by atoms with Gasteiger partial charge in [-0.05, 0) is 30.5 Å². The number of fused-ring (bicyclic) bond motifs is 2. The molecule has 0 spiro atoms. The van der Waals surface area contributed by atoms with Gasteiger partial charge in [-0.1, -0.05) is 12.1 Å². The van der Waals surface area contributed by atoms with E-state index >= 15 is 0 Å². The Balaban J connectivity index is 2.11. The van der Waals surface area contributed by atoms with Crippen LogP contribution in [0.15, 0.2) is 36.1 Å². The predicted octanol–water partition coefficient (Wildman–Crippen LogP) is 0.566. The minimum atomic E-state index is -2.38. The van der Waals surface area contributed by atoms with Crippen molar-refractivity contribution >= 4 is 34.7 Å². The highest BCUT2D eigenvalue weighted by molar-refractivity contribution is 7.80. The first kappa shape index (κ1) is 19.6. The quantitative estimate of drug-likeness (QED) is 0.419. The van der Waals surface area contributed by atoms with Gasteiger partial charge < -0.3 is 31.0 Å². The highest BCUT2D eigenvalue weighted by atomic mass is 32.2. The van der Waals surface area contributed by atoms with E-state index in [9.17, 15) is 23.1 Å². The molecule has 10 nitrogen and oxygen atoms in total. The third kappa shape index (κ3) is 3.62. The van der Waals surface area contributed by atoms with Gasteiger partial charge in [0.05, 0.1) is 17.3 Å². The Morgan fingerprint density at radius 1 is 1.39 bits per heavy atom. The third-order valence-electron chi connectivity index (χ3n) is 4.44. The minimum absolute atomic E-state index is 0.0211. The summed E-state index contributed by atoms with van der Waals surface area (Å²) in [6.07, 6.45) is 3.25. The Hall–Kier alpha value is -3.18. The molecule has 0 fully saturated rings. The van der Waals surface area contributed by atoms with Gasteiger partial charge in [0.2, 0.25) is 5.91 Å². The van der Waals surface area contributed by atoms with E-state index in [2.05, 4.69) is 5.32 Å². The molecule has 0 radical (unpaired) electrons. The summed E-state index contributed by atoms with van der Waals surface area (Å²) in [6.45, 7) is 1.65. The number of ether oxygens (including phenoxy) is 1. The van der Waals surface area contributed by atoms with Gasteiger partial charge in [0, 0.05) is 12.3 Å². The maximum atomic E-state index is 13.1. The second kappa shape index (κ2) is 7.44. The van der Waals surface area contributed by atoms with Crippen LogP contribution in [0.1, 0.15) is 22.3 Å². The highest BCUT2D eigenvalue weighted by Gasteiger charge is 2.42. The van der Waals surface area contributed by atoms with Crippen LogP contribution in [0.25, 0.3) is 0 Å². The van der Waals surface area contributed by atoms with Gasteiger partial charge in [-0.15, -0.1) is 0 Å². The van der Waals surface area contributed by atoms with Gasteiger partial charge >= 0.3 is 6.09 Å². The maximum Gasteiger partial charge on any atom is 0.410 e. The molecule has 0 saturated carbocycles. The molecule has 3 rings (SSSR count). The maximum absolute atomic E-state index is 13.1. The number of allylic oxidation sites excluding steroid dienone is 1.